The van der Waals surface area contributed by atoms with Crippen LogP contribution in [0.4, 0.5) is 4.39 Å². The summed E-state index contributed by atoms with van der Waals surface area (Å²) in [4.78, 5) is 13.0. The molecule has 1 aromatic heterocycles. The number of ether oxygens (including phenoxy) is 1. The summed E-state index contributed by atoms with van der Waals surface area (Å²) in [6.07, 6.45) is 0. The number of benzene rings is 1. The summed E-state index contributed by atoms with van der Waals surface area (Å²) in [6.45, 7) is 1.87. The van der Waals surface area contributed by atoms with Crippen molar-refractivity contribution in [1.82, 2.24) is 9.62 Å². The molecule has 0 saturated carbocycles. The second-order valence-corrected chi connectivity index (χ2v) is 8.27. The maximum atomic E-state index is 14.3. The monoisotopic (exact) mass is 400 g/mol. The Hall–Kier alpha value is -1.81. The first-order valence-corrected chi connectivity index (χ1v) is 10.3. The highest BCUT2D eigenvalue weighted by atomic mass is 32.2. The lowest BCUT2D eigenvalue weighted by Crippen LogP contribution is -2.34. The number of likely N-dealkylation sites (N-methyl/N-ethyl adjacent to an activating group) is 1. The van der Waals surface area contributed by atoms with E-state index in [1.54, 1.807) is 6.92 Å². The molecule has 0 aliphatic rings. The van der Waals surface area contributed by atoms with Gasteiger partial charge in [0, 0.05) is 12.6 Å². The number of nitrogens with one attached hydrogen (secondary N) is 1. The molecule has 2 aromatic rings. The van der Waals surface area contributed by atoms with Gasteiger partial charge in [-0.2, -0.15) is 11.3 Å². The molecule has 1 atom stereocenters. The van der Waals surface area contributed by atoms with Gasteiger partial charge in [-0.1, -0.05) is 0 Å². The fourth-order valence-corrected chi connectivity index (χ4v) is 4.19. The van der Waals surface area contributed by atoms with Crippen LogP contribution in [-0.2, 0) is 14.8 Å². The first-order chi connectivity index (χ1) is 12.3. The summed E-state index contributed by atoms with van der Waals surface area (Å²) < 4.78 is 46.4. The quantitative estimate of drug-likeness (QED) is 0.690. The van der Waals surface area contributed by atoms with Gasteiger partial charge in [0.05, 0.1) is 12.2 Å². The van der Waals surface area contributed by atoms with Crippen LogP contribution in [0.2, 0.25) is 0 Å². The third-order valence-electron chi connectivity index (χ3n) is 3.75. The van der Waals surface area contributed by atoms with Crippen LogP contribution in [0.3, 0.4) is 0 Å². The topological polar surface area (TPSA) is 75.7 Å². The van der Waals surface area contributed by atoms with Crippen molar-refractivity contribution in [2.75, 3.05) is 27.2 Å². The number of hydrogen-bond acceptors (Lipinski definition) is 6. The molecule has 1 unspecified atom stereocenters. The fourth-order valence-electron chi connectivity index (χ4n) is 2.39. The number of halogens is 1. The molecular formula is C17H21FN2O4S2. The molecule has 1 heterocycles. The third kappa shape index (κ3) is 4.88. The van der Waals surface area contributed by atoms with Gasteiger partial charge >= 0.3 is 5.97 Å². The van der Waals surface area contributed by atoms with Gasteiger partial charge in [-0.05, 0) is 61.6 Å². The first-order valence-electron chi connectivity index (χ1n) is 7.91. The number of carbonyl (C=O) groups is 1. The first kappa shape index (κ1) is 20.5. The molecule has 6 nitrogen and oxygen atoms in total. The Morgan fingerprint density at radius 2 is 2.08 bits per heavy atom. The number of sulfonamides is 1. The minimum Gasteiger partial charge on any atom is -0.462 e. The van der Waals surface area contributed by atoms with Crippen molar-refractivity contribution >= 4 is 27.3 Å². The average molecular weight is 400 g/mol. The average Bonchev–Trinajstić information content (AvgIpc) is 3.08. The molecular weight excluding hydrogens is 379 g/mol. The minimum absolute atomic E-state index is 0.0345. The molecule has 1 N–H and O–H groups in total. The Labute approximate surface area is 156 Å². The zero-order valence-electron chi connectivity index (χ0n) is 14.7. The van der Waals surface area contributed by atoms with E-state index < -0.39 is 26.7 Å². The maximum Gasteiger partial charge on any atom is 0.338 e. The Morgan fingerprint density at radius 3 is 2.62 bits per heavy atom. The number of thiophene rings is 1. The lowest BCUT2D eigenvalue weighted by atomic mass is 10.1. The third-order valence-corrected chi connectivity index (χ3v) is 5.91. The molecule has 142 valence electrons. The second kappa shape index (κ2) is 8.72. The molecule has 9 heteroatoms. The van der Waals surface area contributed by atoms with E-state index in [2.05, 4.69) is 4.72 Å². The van der Waals surface area contributed by atoms with Crippen molar-refractivity contribution in [3.63, 3.8) is 0 Å². The SMILES string of the molecule is CCOC(=O)c1ccc(S(=O)(=O)NCC(c2ccsc2)N(C)C)c(F)c1. The number of esters is 1. The summed E-state index contributed by atoms with van der Waals surface area (Å²) >= 11 is 1.52. The van der Waals surface area contributed by atoms with Crippen molar-refractivity contribution < 1.29 is 22.3 Å². The van der Waals surface area contributed by atoms with Crippen LogP contribution in [0.1, 0.15) is 28.9 Å². The molecule has 0 radical (unpaired) electrons. The molecule has 0 aliphatic heterocycles. The van der Waals surface area contributed by atoms with Gasteiger partial charge in [0.1, 0.15) is 10.7 Å². The maximum absolute atomic E-state index is 14.3. The Bertz CT molecular complexity index is 852. The van der Waals surface area contributed by atoms with Crippen molar-refractivity contribution in [2.45, 2.75) is 17.9 Å². The number of nitrogens with zero attached hydrogens (tertiary/aromatic N) is 1. The number of carbonyl (C=O) groups excluding carboxylic acids is 1. The van der Waals surface area contributed by atoms with Crippen LogP contribution >= 0.6 is 11.3 Å². The van der Waals surface area contributed by atoms with E-state index in [0.717, 1.165) is 17.7 Å². The van der Waals surface area contributed by atoms with Gasteiger partial charge in [0.15, 0.2) is 0 Å². The van der Waals surface area contributed by atoms with E-state index in [1.165, 1.54) is 17.4 Å². The predicted octanol–water partition coefficient (Wildman–Crippen LogP) is 2.65. The van der Waals surface area contributed by atoms with E-state index in [1.807, 2.05) is 35.8 Å². The highest BCUT2D eigenvalue weighted by Gasteiger charge is 2.23. The summed E-state index contributed by atoms with van der Waals surface area (Å²) in [5.41, 5.74) is 0.938. The van der Waals surface area contributed by atoms with Crippen LogP contribution < -0.4 is 4.72 Å². The van der Waals surface area contributed by atoms with Gasteiger partial charge in [0.2, 0.25) is 10.0 Å². The van der Waals surface area contributed by atoms with Crippen LogP contribution in [0.5, 0.6) is 0 Å². The summed E-state index contributed by atoms with van der Waals surface area (Å²) in [6, 6.07) is 4.91. The zero-order valence-corrected chi connectivity index (χ0v) is 16.4. The molecule has 0 saturated heterocycles. The Morgan fingerprint density at radius 1 is 1.35 bits per heavy atom. The molecule has 0 fully saturated rings. The van der Waals surface area contributed by atoms with Crippen LogP contribution in [0.25, 0.3) is 0 Å². The van der Waals surface area contributed by atoms with Gasteiger partial charge in [-0.3, -0.25) is 0 Å². The van der Waals surface area contributed by atoms with E-state index in [-0.39, 0.29) is 24.8 Å². The standard InChI is InChI=1S/C17H21FN2O4S2/c1-4-24-17(21)12-5-6-16(14(18)9-12)26(22,23)19-10-15(20(2)3)13-7-8-25-11-13/h5-9,11,15,19H,4,10H2,1-3H3. The fraction of sp³-hybridized carbons (Fsp3) is 0.353. The number of rotatable bonds is 8. The van der Waals surface area contributed by atoms with E-state index in [4.69, 9.17) is 4.74 Å². The van der Waals surface area contributed by atoms with Crippen molar-refractivity contribution in [3.05, 3.63) is 52.0 Å². The largest absolute Gasteiger partial charge is 0.462 e. The molecule has 2 rings (SSSR count). The normalized spacial score (nSPS) is 13.0. The lowest BCUT2D eigenvalue weighted by molar-refractivity contribution is 0.0525. The molecule has 0 spiro atoms. The zero-order chi connectivity index (χ0) is 19.3. The smallest absolute Gasteiger partial charge is 0.338 e. The summed E-state index contributed by atoms with van der Waals surface area (Å²) in [7, 11) is -0.388. The Kier molecular flexibility index (Phi) is 6.87. The summed E-state index contributed by atoms with van der Waals surface area (Å²) in [5.74, 6) is -1.70. The second-order valence-electron chi connectivity index (χ2n) is 5.75. The van der Waals surface area contributed by atoms with Crippen LogP contribution in [-0.4, -0.2) is 46.5 Å². The highest BCUT2D eigenvalue weighted by Crippen LogP contribution is 2.22. The van der Waals surface area contributed by atoms with Gasteiger partial charge in [-0.25, -0.2) is 22.3 Å². The van der Waals surface area contributed by atoms with Crippen molar-refractivity contribution in [3.8, 4) is 0 Å². The molecule has 0 aliphatic carbocycles. The molecule has 26 heavy (non-hydrogen) atoms. The minimum atomic E-state index is -4.07. The summed E-state index contributed by atoms with van der Waals surface area (Å²) in [5, 5.41) is 3.85. The van der Waals surface area contributed by atoms with Crippen LogP contribution in [0.15, 0.2) is 39.9 Å². The van der Waals surface area contributed by atoms with E-state index in [0.29, 0.717) is 0 Å². The molecule has 0 bridgehead atoms. The predicted molar refractivity (Wildman–Crippen MR) is 98.3 cm³/mol. The number of hydrogen-bond donors (Lipinski definition) is 1. The highest BCUT2D eigenvalue weighted by molar-refractivity contribution is 7.89. The van der Waals surface area contributed by atoms with Gasteiger partial charge in [-0.15, -0.1) is 0 Å². The van der Waals surface area contributed by atoms with E-state index >= 15 is 0 Å². The van der Waals surface area contributed by atoms with E-state index in [9.17, 15) is 17.6 Å². The van der Waals surface area contributed by atoms with Crippen molar-refractivity contribution in [2.24, 2.45) is 0 Å². The van der Waals surface area contributed by atoms with Gasteiger partial charge < -0.3 is 9.64 Å². The van der Waals surface area contributed by atoms with Crippen LogP contribution in [0, 0.1) is 5.82 Å². The lowest BCUT2D eigenvalue weighted by Gasteiger charge is -2.24. The molecule has 1 aromatic carbocycles. The van der Waals surface area contributed by atoms with Gasteiger partial charge in [0.25, 0.3) is 0 Å². The van der Waals surface area contributed by atoms with Crippen molar-refractivity contribution in [1.29, 1.82) is 0 Å². The Balaban J connectivity index is 2.18. The molecule has 0 amide bonds.